The van der Waals surface area contributed by atoms with Gasteiger partial charge in [-0.05, 0) is 31.1 Å². The van der Waals surface area contributed by atoms with Crippen LogP contribution in [0.1, 0.15) is 30.3 Å². The lowest BCUT2D eigenvalue weighted by Crippen LogP contribution is -2.06. The molecule has 1 saturated heterocycles. The fourth-order valence-electron chi connectivity index (χ4n) is 2.52. The molecule has 0 bridgehead atoms. The summed E-state index contributed by atoms with van der Waals surface area (Å²) in [5, 5.41) is 32.0. The Morgan fingerprint density at radius 1 is 1.64 bits per heavy atom. The van der Waals surface area contributed by atoms with Crippen LogP contribution in [0.15, 0.2) is 17.2 Å². The topological polar surface area (TPSA) is 128 Å². The maximum atomic E-state index is 11.2. The Balaban J connectivity index is 2.00. The summed E-state index contributed by atoms with van der Waals surface area (Å²) in [7, 11) is 1.31. The van der Waals surface area contributed by atoms with Crippen LogP contribution in [0.2, 0.25) is 0 Å². The number of nitrogens with zero attached hydrogens (tertiary/aromatic N) is 4. The summed E-state index contributed by atoms with van der Waals surface area (Å²) in [5.74, 6) is 0.271. The number of aromatic hydroxyl groups is 1. The number of hydrogen-bond acceptors (Lipinski definition) is 8. The van der Waals surface area contributed by atoms with Gasteiger partial charge in [0.25, 0.3) is 5.69 Å². The fourth-order valence-corrected chi connectivity index (χ4v) is 2.71. The second-order valence-corrected chi connectivity index (χ2v) is 5.67. The first-order valence-electron chi connectivity index (χ1n) is 7.40. The van der Waals surface area contributed by atoms with E-state index in [9.17, 15) is 15.2 Å². The van der Waals surface area contributed by atoms with Gasteiger partial charge < -0.3 is 14.6 Å². The van der Waals surface area contributed by atoms with E-state index in [-0.39, 0.29) is 33.6 Å². The number of aromatic amines is 1. The summed E-state index contributed by atoms with van der Waals surface area (Å²) in [4.78, 5) is 10.7. The Morgan fingerprint density at radius 3 is 3.08 bits per heavy atom. The third-order valence-electron chi connectivity index (χ3n) is 3.73. The molecule has 2 heterocycles. The summed E-state index contributed by atoms with van der Waals surface area (Å²) in [5.41, 5.74) is -0.156. The maximum Gasteiger partial charge on any atom is 0.282 e. The number of ether oxygens (including phenoxy) is 2. The average molecular weight is 365 g/mol. The highest BCUT2D eigenvalue weighted by molar-refractivity contribution is 7.71. The van der Waals surface area contributed by atoms with E-state index in [1.54, 1.807) is 0 Å². The first-order valence-corrected chi connectivity index (χ1v) is 7.80. The minimum atomic E-state index is -0.584. The van der Waals surface area contributed by atoms with Gasteiger partial charge in [0.2, 0.25) is 4.77 Å². The molecule has 0 amide bonds. The summed E-state index contributed by atoms with van der Waals surface area (Å²) >= 11 is 5.15. The SMILES string of the molecule is COc1cc([N+](=O)[O-])c(/C=N\n2c(C3CCCO3)n[nH]c2=S)cc1O. The van der Waals surface area contributed by atoms with Gasteiger partial charge in [-0.1, -0.05) is 0 Å². The number of benzene rings is 1. The van der Waals surface area contributed by atoms with Crippen molar-refractivity contribution in [1.29, 1.82) is 0 Å². The number of methoxy groups -OCH3 is 1. The molecule has 0 radical (unpaired) electrons. The van der Waals surface area contributed by atoms with Crippen LogP contribution in [0.25, 0.3) is 0 Å². The zero-order chi connectivity index (χ0) is 18.0. The smallest absolute Gasteiger partial charge is 0.282 e. The molecule has 3 rings (SSSR count). The van der Waals surface area contributed by atoms with Crippen molar-refractivity contribution in [3.05, 3.63) is 38.4 Å². The molecule has 0 aliphatic carbocycles. The fraction of sp³-hybridized carbons (Fsp3) is 0.357. The minimum absolute atomic E-state index is 0.00353. The third kappa shape index (κ3) is 3.37. The van der Waals surface area contributed by atoms with Crippen LogP contribution in [0.5, 0.6) is 11.5 Å². The number of hydrogen-bond donors (Lipinski definition) is 2. The van der Waals surface area contributed by atoms with Gasteiger partial charge in [-0.25, -0.2) is 0 Å². The lowest BCUT2D eigenvalue weighted by Gasteiger charge is -2.08. The molecule has 11 heteroatoms. The lowest BCUT2D eigenvalue weighted by molar-refractivity contribution is -0.385. The molecule has 25 heavy (non-hydrogen) atoms. The molecule has 1 fully saturated rings. The van der Waals surface area contributed by atoms with E-state index in [0.29, 0.717) is 12.4 Å². The van der Waals surface area contributed by atoms with E-state index >= 15 is 0 Å². The van der Waals surface area contributed by atoms with Crippen LogP contribution in [0.3, 0.4) is 0 Å². The standard InChI is InChI=1S/C14H15N5O5S/c1-23-12-6-9(19(21)22)8(5-10(12)20)7-15-18-13(16-17-14(18)25)11-3-2-4-24-11/h5-7,11,20H,2-4H2,1H3,(H,17,25)/b15-7-. The molecule has 10 nitrogen and oxygen atoms in total. The van der Waals surface area contributed by atoms with Crippen molar-refractivity contribution < 1.29 is 19.5 Å². The van der Waals surface area contributed by atoms with Gasteiger partial charge >= 0.3 is 0 Å². The van der Waals surface area contributed by atoms with Gasteiger partial charge in [0.1, 0.15) is 6.10 Å². The van der Waals surface area contributed by atoms with Gasteiger partial charge in [0.05, 0.1) is 29.9 Å². The van der Waals surface area contributed by atoms with Gasteiger partial charge in [-0.3, -0.25) is 15.2 Å². The lowest BCUT2D eigenvalue weighted by atomic mass is 10.1. The number of aromatic nitrogens is 3. The maximum absolute atomic E-state index is 11.2. The van der Waals surface area contributed by atoms with Gasteiger partial charge in [0.15, 0.2) is 17.3 Å². The number of phenolic OH excluding ortho intramolecular Hbond substituents is 1. The molecule has 2 aromatic rings. The van der Waals surface area contributed by atoms with Crippen LogP contribution < -0.4 is 4.74 Å². The van der Waals surface area contributed by atoms with Crippen molar-refractivity contribution in [2.24, 2.45) is 5.10 Å². The molecule has 132 valence electrons. The molecule has 1 aliphatic rings. The molecule has 1 atom stereocenters. The van der Waals surface area contributed by atoms with Crippen LogP contribution >= 0.6 is 12.2 Å². The molecule has 1 aliphatic heterocycles. The largest absolute Gasteiger partial charge is 0.504 e. The second-order valence-electron chi connectivity index (χ2n) is 5.28. The molecule has 1 unspecified atom stereocenters. The zero-order valence-corrected chi connectivity index (χ0v) is 14.0. The van der Waals surface area contributed by atoms with Gasteiger partial charge in [0, 0.05) is 6.61 Å². The summed E-state index contributed by atoms with van der Waals surface area (Å²) < 4.78 is 12.1. The van der Waals surface area contributed by atoms with E-state index in [1.165, 1.54) is 24.1 Å². The van der Waals surface area contributed by atoms with Crippen LogP contribution in [0, 0.1) is 14.9 Å². The molecule has 0 saturated carbocycles. The Kier molecular flexibility index (Phi) is 4.76. The van der Waals surface area contributed by atoms with Crippen molar-refractivity contribution in [2.45, 2.75) is 18.9 Å². The first kappa shape index (κ1) is 17.0. The van der Waals surface area contributed by atoms with E-state index in [1.807, 2.05) is 0 Å². The predicted octanol–water partition coefficient (Wildman–Crippen LogP) is 2.30. The van der Waals surface area contributed by atoms with E-state index in [4.69, 9.17) is 21.7 Å². The third-order valence-corrected chi connectivity index (χ3v) is 3.99. The molecule has 2 N–H and O–H groups in total. The Labute approximate surface area is 146 Å². The van der Waals surface area contributed by atoms with E-state index < -0.39 is 4.92 Å². The summed E-state index contributed by atoms with van der Waals surface area (Å²) in [6.45, 7) is 0.631. The van der Waals surface area contributed by atoms with Crippen molar-refractivity contribution in [2.75, 3.05) is 13.7 Å². The van der Waals surface area contributed by atoms with Gasteiger partial charge in [-0.15, -0.1) is 0 Å². The van der Waals surface area contributed by atoms with E-state index in [0.717, 1.165) is 18.9 Å². The molecule has 0 spiro atoms. The normalized spacial score (nSPS) is 17.2. The minimum Gasteiger partial charge on any atom is -0.504 e. The van der Waals surface area contributed by atoms with Crippen molar-refractivity contribution in [3.8, 4) is 11.5 Å². The molecule has 1 aromatic heterocycles. The number of H-pyrrole nitrogens is 1. The van der Waals surface area contributed by atoms with Crippen LogP contribution in [-0.2, 0) is 4.74 Å². The summed E-state index contributed by atoms with van der Waals surface area (Å²) in [6.07, 6.45) is 2.70. The number of nitrogens with one attached hydrogen (secondary N) is 1. The van der Waals surface area contributed by atoms with Crippen molar-refractivity contribution >= 4 is 24.1 Å². The Morgan fingerprint density at radius 2 is 2.44 bits per heavy atom. The quantitative estimate of drug-likeness (QED) is 0.360. The highest BCUT2D eigenvalue weighted by atomic mass is 32.1. The molecular formula is C14H15N5O5S. The number of nitro benzene ring substituents is 1. The van der Waals surface area contributed by atoms with Gasteiger partial charge in [-0.2, -0.15) is 14.9 Å². The van der Waals surface area contributed by atoms with E-state index in [2.05, 4.69) is 15.3 Å². The highest BCUT2D eigenvalue weighted by Crippen LogP contribution is 2.33. The summed E-state index contributed by atoms with van der Waals surface area (Å²) in [6, 6.07) is 2.34. The highest BCUT2D eigenvalue weighted by Gasteiger charge is 2.24. The molecule has 1 aromatic carbocycles. The Bertz CT molecular complexity index is 884. The average Bonchev–Trinajstić information content (AvgIpc) is 3.22. The number of phenols is 1. The second kappa shape index (κ2) is 6.99. The monoisotopic (exact) mass is 365 g/mol. The van der Waals surface area contributed by atoms with Crippen LogP contribution in [-0.4, -0.2) is 44.8 Å². The van der Waals surface area contributed by atoms with Crippen LogP contribution in [0.4, 0.5) is 5.69 Å². The molecular weight excluding hydrogens is 350 g/mol. The Hall–Kier alpha value is -2.79. The van der Waals surface area contributed by atoms with Crippen molar-refractivity contribution in [1.82, 2.24) is 14.9 Å². The first-order chi connectivity index (χ1) is 12.0. The number of nitro groups is 1. The zero-order valence-electron chi connectivity index (χ0n) is 13.2. The van der Waals surface area contributed by atoms with Crippen molar-refractivity contribution in [3.63, 3.8) is 0 Å². The predicted molar refractivity (Wildman–Crippen MR) is 89.6 cm³/mol. The number of rotatable bonds is 5.